The summed E-state index contributed by atoms with van der Waals surface area (Å²) in [5, 5.41) is 0. The van der Waals surface area contributed by atoms with Crippen LogP contribution in [0.2, 0.25) is 0 Å². The maximum Gasteiger partial charge on any atom is 0.441 e. The third-order valence-corrected chi connectivity index (χ3v) is 2.89. The van der Waals surface area contributed by atoms with Crippen LogP contribution in [0.5, 0.6) is 11.5 Å². The van der Waals surface area contributed by atoms with Crippen LogP contribution < -0.4 is 9.47 Å². The molecule has 0 saturated heterocycles. The Hall–Kier alpha value is -1.37. The van der Waals surface area contributed by atoms with Crippen LogP contribution in [0.1, 0.15) is 23.7 Å². The number of rotatable bonds is 8. The van der Waals surface area contributed by atoms with E-state index in [0.717, 1.165) is 6.42 Å². The fourth-order valence-electron chi connectivity index (χ4n) is 1.36. The summed E-state index contributed by atoms with van der Waals surface area (Å²) in [5.41, 5.74) is -3.99. The number of halogens is 3. The third-order valence-electron chi connectivity index (χ3n) is 2.19. The van der Waals surface area contributed by atoms with Crippen LogP contribution in [0.4, 0.5) is 13.2 Å². The van der Waals surface area contributed by atoms with Gasteiger partial charge >= 0.3 is 5.51 Å². The summed E-state index contributed by atoms with van der Waals surface area (Å²) in [6, 6.07) is 4.65. The van der Waals surface area contributed by atoms with E-state index >= 15 is 0 Å². The van der Waals surface area contributed by atoms with Gasteiger partial charge in [-0.25, -0.2) is 0 Å². The van der Waals surface area contributed by atoms with Gasteiger partial charge in [-0.2, -0.15) is 13.2 Å². The highest BCUT2D eigenvalue weighted by Gasteiger charge is 2.27. The molecular formula is C13H15F3O3S. The van der Waals surface area contributed by atoms with E-state index in [1.807, 2.05) is 6.92 Å². The van der Waals surface area contributed by atoms with Crippen LogP contribution in [-0.4, -0.2) is 30.8 Å². The minimum absolute atomic E-state index is 0.137. The van der Waals surface area contributed by atoms with Gasteiger partial charge in [0.2, 0.25) is 0 Å². The number of benzene rings is 1. The minimum Gasteiger partial charge on any atom is -0.493 e. The van der Waals surface area contributed by atoms with Crippen LogP contribution in [0, 0.1) is 0 Å². The molecule has 0 atom stereocenters. The molecule has 1 aromatic rings. The van der Waals surface area contributed by atoms with Crippen LogP contribution in [0.3, 0.4) is 0 Å². The maximum absolute atomic E-state index is 12.0. The van der Waals surface area contributed by atoms with Crippen molar-refractivity contribution >= 4 is 18.0 Å². The van der Waals surface area contributed by atoms with Crippen LogP contribution in [0.15, 0.2) is 18.2 Å². The number of alkyl halides is 3. The molecule has 0 spiro atoms. The number of carbonyl (C=O) groups is 1. The highest BCUT2D eigenvalue weighted by Crippen LogP contribution is 2.30. The summed E-state index contributed by atoms with van der Waals surface area (Å²) in [7, 11) is 0. The van der Waals surface area contributed by atoms with Crippen molar-refractivity contribution in [1.29, 1.82) is 0 Å². The molecule has 0 bridgehead atoms. The zero-order valence-corrected chi connectivity index (χ0v) is 11.7. The molecule has 1 aromatic carbocycles. The van der Waals surface area contributed by atoms with E-state index in [-0.39, 0.29) is 35.4 Å². The fourth-order valence-corrected chi connectivity index (χ4v) is 1.75. The molecule has 0 saturated carbocycles. The number of hydrogen-bond donors (Lipinski definition) is 0. The smallest absolute Gasteiger partial charge is 0.441 e. The lowest BCUT2D eigenvalue weighted by Gasteiger charge is -2.11. The Morgan fingerprint density at radius 1 is 1.25 bits per heavy atom. The van der Waals surface area contributed by atoms with Gasteiger partial charge < -0.3 is 9.47 Å². The van der Waals surface area contributed by atoms with E-state index < -0.39 is 5.51 Å². The Kier molecular flexibility index (Phi) is 6.70. The number of ether oxygens (including phenoxy) is 2. The van der Waals surface area contributed by atoms with Crippen molar-refractivity contribution in [1.82, 2.24) is 0 Å². The van der Waals surface area contributed by atoms with Gasteiger partial charge in [0.05, 0.1) is 18.8 Å². The SMILES string of the molecule is CCCOc1ccc(C=O)c(OCCSC(F)(F)F)c1. The van der Waals surface area contributed by atoms with Gasteiger partial charge in [0.25, 0.3) is 0 Å². The summed E-state index contributed by atoms with van der Waals surface area (Å²) >= 11 is -0.160. The Labute approximate surface area is 119 Å². The van der Waals surface area contributed by atoms with Crippen molar-refractivity contribution in [3.05, 3.63) is 23.8 Å². The van der Waals surface area contributed by atoms with Crippen molar-refractivity contribution in [2.24, 2.45) is 0 Å². The van der Waals surface area contributed by atoms with Gasteiger partial charge in [0, 0.05) is 11.8 Å². The lowest BCUT2D eigenvalue weighted by atomic mass is 10.2. The van der Waals surface area contributed by atoms with E-state index in [1.54, 1.807) is 6.07 Å². The molecule has 0 aromatic heterocycles. The number of carbonyl (C=O) groups excluding carboxylic acids is 1. The molecule has 20 heavy (non-hydrogen) atoms. The molecule has 7 heteroatoms. The second-order valence-corrected chi connectivity index (χ2v) is 4.97. The molecule has 0 radical (unpaired) electrons. The molecule has 0 N–H and O–H groups in total. The van der Waals surface area contributed by atoms with Crippen molar-refractivity contribution in [3.8, 4) is 11.5 Å². The summed E-state index contributed by atoms with van der Waals surface area (Å²) in [5.74, 6) is 0.522. The fraction of sp³-hybridized carbons (Fsp3) is 0.462. The Morgan fingerprint density at radius 3 is 2.60 bits per heavy atom. The largest absolute Gasteiger partial charge is 0.493 e. The molecule has 3 nitrogen and oxygen atoms in total. The summed E-state index contributed by atoms with van der Waals surface area (Å²) < 4.78 is 46.5. The molecule has 1 rings (SSSR count). The molecule has 0 heterocycles. The summed E-state index contributed by atoms with van der Waals surface area (Å²) in [6.45, 7) is 2.33. The Balaban J connectivity index is 2.59. The molecule has 0 aliphatic carbocycles. The van der Waals surface area contributed by atoms with Gasteiger partial charge in [0.1, 0.15) is 11.5 Å². The average molecular weight is 308 g/mol. The zero-order chi connectivity index (χ0) is 15.0. The van der Waals surface area contributed by atoms with Gasteiger partial charge in [-0.1, -0.05) is 6.92 Å². The van der Waals surface area contributed by atoms with Gasteiger partial charge in [-0.15, -0.1) is 0 Å². The number of thioether (sulfide) groups is 1. The summed E-state index contributed by atoms with van der Waals surface area (Å²) in [4.78, 5) is 10.8. The molecule has 0 unspecified atom stereocenters. The molecule has 0 fully saturated rings. The topological polar surface area (TPSA) is 35.5 Å². The molecule has 112 valence electrons. The van der Waals surface area contributed by atoms with Crippen molar-refractivity contribution in [2.75, 3.05) is 19.0 Å². The lowest BCUT2D eigenvalue weighted by molar-refractivity contribution is -0.0329. The van der Waals surface area contributed by atoms with E-state index in [2.05, 4.69) is 0 Å². The Morgan fingerprint density at radius 2 is 2.00 bits per heavy atom. The zero-order valence-electron chi connectivity index (χ0n) is 10.9. The molecule has 0 aliphatic heterocycles. The standard InChI is InChI=1S/C13H15F3O3S/c1-2-5-18-11-4-3-10(9-17)12(8-11)19-6-7-20-13(14,15)16/h3-4,8-9H,2,5-7H2,1H3. The molecular weight excluding hydrogens is 293 g/mol. The average Bonchev–Trinajstić information content (AvgIpc) is 2.40. The van der Waals surface area contributed by atoms with Crippen LogP contribution >= 0.6 is 11.8 Å². The third kappa shape index (κ3) is 6.18. The predicted molar refractivity (Wildman–Crippen MR) is 71.6 cm³/mol. The second kappa shape index (κ2) is 8.04. The first kappa shape index (κ1) is 16.7. The first-order chi connectivity index (χ1) is 9.46. The quantitative estimate of drug-likeness (QED) is 0.538. The monoisotopic (exact) mass is 308 g/mol. The Bertz CT molecular complexity index is 435. The number of hydrogen-bond acceptors (Lipinski definition) is 4. The van der Waals surface area contributed by atoms with Gasteiger partial charge in [-0.05, 0) is 30.3 Å². The highest BCUT2D eigenvalue weighted by molar-refractivity contribution is 8.00. The van der Waals surface area contributed by atoms with E-state index in [4.69, 9.17) is 9.47 Å². The van der Waals surface area contributed by atoms with Gasteiger partial charge in [0.15, 0.2) is 6.29 Å². The lowest BCUT2D eigenvalue weighted by Crippen LogP contribution is -2.08. The van der Waals surface area contributed by atoms with Crippen LogP contribution in [-0.2, 0) is 0 Å². The first-order valence-corrected chi connectivity index (χ1v) is 7.00. The molecule has 0 amide bonds. The highest BCUT2D eigenvalue weighted by atomic mass is 32.2. The minimum atomic E-state index is -4.27. The van der Waals surface area contributed by atoms with E-state index in [1.165, 1.54) is 12.1 Å². The predicted octanol–water partition coefficient (Wildman–Crippen LogP) is 3.92. The second-order valence-electron chi connectivity index (χ2n) is 3.81. The van der Waals surface area contributed by atoms with Gasteiger partial charge in [-0.3, -0.25) is 4.79 Å². The summed E-state index contributed by atoms with van der Waals surface area (Å²) in [6.07, 6.45) is 1.42. The van der Waals surface area contributed by atoms with Crippen molar-refractivity contribution in [3.63, 3.8) is 0 Å². The van der Waals surface area contributed by atoms with E-state index in [0.29, 0.717) is 18.6 Å². The van der Waals surface area contributed by atoms with Crippen LogP contribution in [0.25, 0.3) is 0 Å². The van der Waals surface area contributed by atoms with Crippen molar-refractivity contribution in [2.45, 2.75) is 18.9 Å². The normalized spacial score (nSPS) is 11.2. The molecule has 0 aliphatic rings. The maximum atomic E-state index is 12.0. The van der Waals surface area contributed by atoms with Crippen molar-refractivity contribution < 1.29 is 27.4 Å². The number of aldehydes is 1. The van der Waals surface area contributed by atoms with E-state index in [9.17, 15) is 18.0 Å². The first-order valence-electron chi connectivity index (χ1n) is 6.01.